The van der Waals surface area contributed by atoms with Crippen molar-refractivity contribution in [3.63, 3.8) is 0 Å². The zero-order valence-electron chi connectivity index (χ0n) is 17.8. The van der Waals surface area contributed by atoms with Crippen molar-refractivity contribution in [2.24, 2.45) is 0 Å². The Balaban J connectivity index is 1.86. The molecule has 1 aromatic carbocycles. The number of para-hydroxylation sites is 1. The molecule has 0 atom stereocenters. The molecule has 0 saturated heterocycles. The van der Waals surface area contributed by atoms with E-state index in [1.165, 1.54) is 21.5 Å². The van der Waals surface area contributed by atoms with Gasteiger partial charge in [0.15, 0.2) is 11.2 Å². The van der Waals surface area contributed by atoms with E-state index in [0.717, 1.165) is 0 Å². The van der Waals surface area contributed by atoms with E-state index in [2.05, 4.69) is 15.0 Å². The standard InChI is InChI=1S/C22H22N6O4/c1-22(2,3)32-21(30)28-16(12-27-11-7-10-15(23)20(27)29)26-17-18(28)24-13-25-19(17)31-14-8-5-4-6-9-14/h4-11,13H,12,23H2,1-3H3. The van der Waals surface area contributed by atoms with Crippen LogP contribution in [0, 0.1) is 0 Å². The summed E-state index contributed by atoms with van der Waals surface area (Å²) in [6.07, 6.45) is 2.15. The summed E-state index contributed by atoms with van der Waals surface area (Å²) >= 11 is 0. The lowest BCUT2D eigenvalue weighted by Crippen LogP contribution is -2.30. The predicted molar refractivity (Wildman–Crippen MR) is 118 cm³/mol. The molecule has 3 heterocycles. The number of aromatic nitrogens is 5. The fourth-order valence-electron chi connectivity index (χ4n) is 3.03. The van der Waals surface area contributed by atoms with Crippen molar-refractivity contribution in [2.45, 2.75) is 32.9 Å². The molecule has 0 spiro atoms. The van der Waals surface area contributed by atoms with Gasteiger partial charge in [-0.1, -0.05) is 18.2 Å². The second kappa shape index (κ2) is 8.14. The molecule has 0 radical (unpaired) electrons. The second-order valence-corrected chi connectivity index (χ2v) is 8.01. The Morgan fingerprint density at radius 1 is 1.09 bits per heavy atom. The highest BCUT2D eigenvalue weighted by Gasteiger charge is 2.26. The van der Waals surface area contributed by atoms with E-state index < -0.39 is 17.3 Å². The average Bonchev–Trinajstić information content (AvgIpc) is 3.10. The van der Waals surface area contributed by atoms with E-state index in [1.807, 2.05) is 18.2 Å². The lowest BCUT2D eigenvalue weighted by atomic mass is 10.2. The normalized spacial score (nSPS) is 11.5. The quantitative estimate of drug-likeness (QED) is 0.519. The van der Waals surface area contributed by atoms with E-state index in [0.29, 0.717) is 5.75 Å². The van der Waals surface area contributed by atoms with Crippen molar-refractivity contribution in [1.82, 2.24) is 24.1 Å². The zero-order valence-corrected chi connectivity index (χ0v) is 17.8. The van der Waals surface area contributed by atoms with Gasteiger partial charge in [0.1, 0.15) is 23.5 Å². The number of nitrogens with two attached hydrogens (primary N) is 1. The molecule has 0 saturated carbocycles. The Labute approximate surface area is 183 Å². The number of fused-ring (bicyclic) bond motifs is 1. The number of hydrogen-bond acceptors (Lipinski definition) is 8. The summed E-state index contributed by atoms with van der Waals surface area (Å²) in [7, 11) is 0. The van der Waals surface area contributed by atoms with Crippen molar-refractivity contribution in [1.29, 1.82) is 0 Å². The first-order valence-corrected chi connectivity index (χ1v) is 9.86. The largest absolute Gasteiger partial charge is 0.443 e. The Morgan fingerprint density at radius 3 is 2.56 bits per heavy atom. The number of carbonyl (C=O) groups excluding carboxylic acids is 1. The van der Waals surface area contributed by atoms with Crippen molar-refractivity contribution < 1.29 is 14.3 Å². The van der Waals surface area contributed by atoms with Crippen LogP contribution in [0.15, 0.2) is 59.8 Å². The summed E-state index contributed by atoms with van der Waals surface area (Å²) in [6, 6.07) is 12.2. The number of pyridine rings is 1. The van der Waals surface area contributed by atoms with E-state index in [4.69, 9.17) is 15.2 Å². The molecule has 2 N–H and O–H groups in total. The van der Waals surface area contributed by atoms with E-state index in [-0.39, 0.29) is 35.1 Å². The number of imidazole rings is 1. The first kappa shape index (κ1) is 21.0. The van der Waals surface area contributed by atoms with Crippen LogP contribution in [-0.2, 0) is 11.3 Å². The van der Waals surface area contributed by atoms with Crippen LogP contribution in [0.25, 0.3) is 11.2 Å². The number of nitrogen functional groups attached to an aromatic ring is 1. The summed E-state index contributed by atoms with van der Waals surface area (Å²) in [5.74, 6) is 0.943. The summed E-state index contributed by atoms with van der Waals surface area (Å²) in [5.41, 5.74) is 5.13. The Hall–Kier alpha value is -4.21. The molecule has 4 aromatic rings. The first-order chi connectivity index (χ1) is 15.2. The van der Waals surface area contributed by atoms with Crippen LogP contribution in [0.4, 0.5) is 10.5 Å². The maximum atomic E-state index is 13.1. The number of benzene rings is 1. The molecule has 4 rings (SSSR count). The molecule has 0 bridgehead atoms. The van der Waals surface area contributed by atoms with Crippen molar-refractivity contribution >= 4 is 22.9 Å². The molecule has 0 amide bonds. The number of anilines is 1. The van der Waals surface area contributed by atoms with Gasteiger partial charge in [-0.05, 0) is 45.0 Å². The highest BCUT2D eigenvalue weighted by molar-refractivity contribution is 5.87. The summed E-state index contributed by atoms with van der Waals surface area (Å²) in [5, 5.41) is 0. The fraction of sp³-hybridized carbons (Fsp3) is 0.227. The van der Waals surface area contributed by atoms with Gasteiger partial charge < -0.3 is 19.8 Å². The molecule has 0 aliphatic rings. The molecule has 32 heavy (non-hydrogen) atoms. The molecular weight excluding hydrogens is 412 g/mol. The van der Waals surface area contributed by atoms with Crippen LogP contribution < -0.4 is 16.0 Å². The molecule has 10 heteroatoms. The van der Waals surface area contributed by atoms with Gasteiger partial charge in [-0.15, -0.1) is 0 Å². The minimum Gasteiger partial charge on any atom is -0.443 e. The maximum Gasteiger partial charge on any atom is 0.421 e. The lowest BCUT2D eigenvalue weighted by Gasteiger charge is -2.20. The van der Waals surface area contributed by atoms with Gasteiger partial charge in [0.25, 0.3) is 11.4 Å². The van der Waals surface area contributed by atoms with E-state index in [9.17, 15) is 9.59 Å². The first-order valence-electron chi connectivity index (χ1n) is 9.86. The Morgan fingerprint density at radius 2 is 1.84 bits per heavy atom. The van der Waals surface area contributed by atoms with Crippen LogP contribution in [0.5, 0.6) is 11.6 Å². The topological polar surface area (TPSA) is 127 Å². The third-order valence-corrected chi connectivity index (χ3v) is 4.38. The third-order valence-electron chi connectivity index (χ3n) is 4.38. The Kier molecular flexibility index (Phi) is 5.35. The SMILES string of the molecule is CC(C)(C)OC(=O)n1c(Cn2cccc(N)c2=O)nc2c(Oc3ccccc3)ncnc21. The van der Waals surface area contributed by atoms with Crippen molar-refractivity contribution in [2.75, 3.05) is 5.73 Å². The third kappa shape index (κ3) is 4.29. The smallest absolute Gasteiger partial charge is 0.421 e. The highest BCUT2D eigenvalue weighted by atomic mass is 16.6. The minimum absolute atomic E-state index is 0.0374. The van der Waals surface area contributed by atoms with Crippen molar-refractivity contribution in [3.8, 4) is 11.6 Å². The van der Waals surface area contributed by atoms with Crippen LogP contribution in [0.2, 0.25) is 0 Å². The van der Waals surface area contributed by atoms with Gasteiger partial charge in [0.05, 0.1) is 12.2 Å². The van der Waals surface area contributed by atoms with E-state index >= 15 is 0 Å². The predicted octanol–water partition coefficient (Wildman–Crippen LogP) is 3.19. The van der Waals surface area contributed by atoms with Gasteiger partial charge in [-0.25, -0.2) is 19.3 Å². The van der Waals surface area contributed by atoms with Crippen LogP contribution in [0.1, 0.15) is 26.6 Å². The fourth-order valence-corrected chi connectivity index (χ4v) is 3.03. The molecule has 0 fully saturated rings. The van der Waals surface area contributed by atoms with Gasteiger partial charge >= 0.3 is 6.09 Å². The highest BCUT2D eigenvalue weighted by Crippen LogP contribution is 2.27. The molecule has 0 unspecified atom stereocenters. The van der Waals surface area contributed by atoms with Gasteiger partial charge in [-0.3, -0.25) is 4.79 Å². The molecule has 10 nitrogen and oxygen atoms in total. The number of carbonyl (C=O) groups is 1. The molecule has 0 aliphatic heterocycles. The molecule has 164 valence electrons. The maximum absolute atomic E-state index is 13.1. The van der Waals surface area contributed by atoms with Gasteiger partial charge in [0.2, 0.25) is 0 Å². The van der Waals surface area contributed by atoms with E-state index in [1.54, 1.807) is 45.2 Å². The summed E-state index contributed by atoms with van der Waals surface area (Å²) in [4.78, 5) is 38.4. The van der Waals surface area contributed by atoms with Crippen LogP contribution in [0.3, 0.4) is 0 Å². The molecular formula is C22H22N6O4. The number of hydrogen-bond donors (Lipinski definition) is 1. The monoisotopic (exact) mass is 434 g/mol. The summed E-state index contributed by atoms with van der Waals surface area (Å²) in [6.45, 7) is 5.23. The number of rotatable bonds is 4. The number of ether oxygens (including phenoxy) is 2. The van der Waals surface area contributed by atoms with Gasteiger partial charge in [0, 0.05) is 6.20 Å². The zero-order chi connectivity index (χ0) is 22.9. The molecule has 3 aromatic heterocycles. The van der Waals surface area contributed by atoms with Crippen LogP contribution in [-0.4, -0.2) is 35.8 Å². The van der Waals surface area contributed by atoms with Gasteiger partial charge in [-0.2, -0.15) is 4.98 Å². The minimum atomic E-state index is -0.755. The summed E-state index contributed by atoms with van der Waals surface area (Å²) < 4.78 is 14.0. The lowest BCUT2D eigenvalue weighted by molar-refractivity contribution is 0.0537. The average molecular weight is 434 g/mol. The van der Waals surface area contributed by atoms with Crippen molar-refractivity contribution in [3.05, 3.63) is 71.2 Å². The van der Waals surface area contributed by atoms with Crippen LogP contribution >= 0.6 is 0 Å². The molecule has 0 aliphatic carbocycles. The Bertz CT molecular complexity index is 1340. The number of nitrogens with zero attached hydrogens (tertiary/aromatic N) is 5. The second-order valence-electron chi connectivity index (χ2n) is 8.01.